The van der Waals surface area contributed by atoms with Gasteiger partial charge in [0.25, 0.3) is 5.91 Å². The third-order valence-corrected chi connectivity index (χ3v) is 4.08. The second-order valence-corrected chi connectivity index (χ2v) is 6.14. The Balaban J connectivity index is 1.64. The molecular formula is C21H22N4O. The van der Waals surface area contributed by atoms with E-state index in [1.54, 1.807) is 6.07 Å². The molecular weight excluding hydrogens is 324 g/mol. The number of carbonyl (C=O) groups excluding carboxylic acids is 1. The van der Waals surface area contributed by atoms with Crippen LogP contribution in [0, 0.1) is 6.92 Å². The molecule has 2 aromatic carbocycles. The Kier molecular flexibility index (Phi) is 5.59. The van der Waals surface area contributed by atoms with Gasteiger partial charge >= 0.3 is 0 Å². The lowest BCUT2D eigenvalue weighted by Crippen LogP contribution is -2.14. The van der Waals surface area contributed by atoms with Gasteiger partial charge in [0.1, 0.15) is 17.8 Å². The van der Waals surface area contributed by atoms with Crippen LogP contribution < -0.4 is 10.6 Å². The predicted molar refractivity (Wildman–Crippen MR) is 104 cm³/mol. The number of hydrogen-bond acceptors (Lipinski definition) is 4. The van der Waals surface area contributed by atoms with Gasteiger partial charge in [0.2, 0.25) is 0 Å². The highest BCUT2D eigenvalue weighted by Crippen LogP contribution is 2.13. The van der Waals surface area contributed by atoms with E-state index in [-0.39, 0.29) is 5.91 Å². The van der Waals surface area contributed by atoms with Crippen molar-refractivity contribution in [3.05, 3.63) is 83.3 Å². The highest BCUT2D eigenvalue weighted by atomic mass is 16.1. The number of hydrogen-bond donors (Lipinski definition) is 2. The van der Waals surface area contributed by atoms with Gasteiger partial charge in [-0.25, -0.2) is 9.97 Å². The van der Waals surface area contributed by atoms with Gasteiger partial charge in [-0.2, -0.15) is 0 Å². The molecule has 0 fully saturated rings. The summed E-state index contributed by atoms with van der Waals surface area (Å²) in [5.74, 6) is 0.364. The van der Waals surface area contributed by atoms with E-state index in [4.69, 9.17) is 0 Å². The number of benzene rings is 2. The maximum absolute atomic E-state index is 12.4. The predicted octanol–water partition coefficient (Wildman–Crippen LogP) is 4.21. The zero-order chi connectivity index (χ0) is 18.4. The molecule has 0 aliphatic rings. The van der Waals surface area contributed by atoms with E-state index in [1.165, 1.54) is 17.5 Å². The van der Waals surface area contributed by atoms with Crippen LogP contribution in [0.25, 0.3) is 0 Å². The largest absolute Gasteiger partial charge is 0.366 e. The molecule has 132 valence electrons. The van der Waals surface area contributed by atoms with Gasteiger partial charge in [0, 0.05) is 18.3 Å². The molecule has 3 rings (SSSR count). The average Bonchev–Trinajstić information content (AvgIpc) is 2.67. The van der Waals surface area contributed by atoms with E-state index in [2.05, 4.69) is 52.6 Å². The Morgan fingerprint density at radius 2 is 1.81 bits per heavy atom. The zero-order valence-electron chi connectivity index (χ0n) is 15.0. The van der Waals surface area contributed by atoms with E-state index in [1.807, 2.05) is 30.3 Å². The van der Waals surface area contributed by atoms with Crippen LogP contribution in [0.15, 0.2) is 60.9 Å². The van der Waals surface area contributed by atoms with Crippen LogP contribution in [-0.2, 0) is 13.0 Å². The monoisotopic (exact) mass is 346 g/mol. The summed E-state index contributed by atoms with van der Waals surface area (Å²) in [4.78, 5) is 20.7. The smallest absolute Gasteiger partial charge is 0.274 e. The number of rotatable bonds is 6. The second-order valence-electron chi connectivity index (χ2n) is 6.14. The number of amides is 1. The third-order valence-electron chi connectivity index (χ3n) is 4.08. The molecule has 0 radical (unpaired) electrons. The van der Waals surface area contributed by atoms with Crippen LogP contribution in [0.3, 0.4) is 0 Å². The molecule has 5 nitrogen and oxygen atoms in total. The fourth-order valence-corrected chi connectivity index (χ4v) is 2.61. The standard InChI is InChI=1S/C21H22N4O/c1-3-16-7-9-18(10-8-16)25-21(26)19-12-20(24-14-23-19)22-13-17-6-4-5-15(2)11-17/h4-12,14H,3,13H2,1-2H3,(H,25,26)(H,22,23,24). The SMILES string of the molecule is CCc1ccc(NC(=O)c2cc(NCc3cccc(C)c3)ncn2)cc1. The van der Waals surface area contributed by atoms with Crippen LogP contribution in [0.1, 0.15) is 34.1 Å². The van der Waals surface area contributed by atoms with Crippen molar-refractivity contribution in [3.8, 4) is 0 Å². The van der Waals surface area contributed by atoms with Crippen molar-refractivity contribution >= 4 is 17.4 Å². The first-order valence-electron chi connectivity index (χ1n) is 8.66. The van der Waals surface area contributed by atoms with Crippen molar-refractivity contribution in [2.75, 3.05) is 10.6 Å². The Bertz CT molecular complexity index is 891. The molecule has 0 bridgehead atoms. The minimum Gasteiger partial charge on any atom is -0.366 e. The number of carbonyl (C=O) groups is 1. The van der Waals surface area contributed by atoms with Crippen LogP contribution >= 0.6 is 0 Å². The molecule has 1 aromatic heterocycles. The van der Waals surface area contributed by atoms with Crippen molar-refractivity contribution in [1.29, 1.82) is 0 Å². The molecule has 0 saturated carbocycles. The fraction of sp³-hybridized carbons (Fsp3) is 0.190. The zero-order valence-corrected chi connectivity index (χ0v) is 15.0. The molecule has 0 spiro atoms. The number of anilines is 2. The Hall–Kier alpha value is -3.21. The first-order chi connectivity index (χ1) is 12.6. The summed E-state index contributed by atoms with van der Waals surface area (Å²) in [7, 11) is 0. The molecule has 26 heavy (non-hydrogen) atoms. The lowest BCUT2D eigenvalue weighted by Gasteiger charge is -2.08. The molecule has 0 unspecified atom stereocenters. The number of aryl methyl sites for hydroxylation is 2. The van der Waals surface area contributed by atoms with Crippen LogP contribution in [0.2, 0.25) is 0 Å². The Morgan fingerprint density at radius 1 is 1.00 bits per heavy atom. The van der Waals surface area contributed by atoms with Crippen LogP contribution in [0.5, 0.6) is 0 Å². The number of nitrogens with one attached hydrogen (secondary N) is 2. The topological polar surface area (TPSA) is 66.9 Å². The van der Waals surface area contributed by atoms with Crippen LogP contribution in [0.4, 0.5) is 11.5 Å². The Labute approximate surface area is 153 Å². The average molecular weight is 346 g/mol. The first-order valence-corrected chi connectivity index (χ1v) is 8.66. The molecule has 3 aromatic rings. The highest BCUT2D eigenvalue weighted by Gasteiger charge is 2.09. The molecule has 2 N–H and O–H groups in total. The third kappa shape index (κ3) is 4.66. The summed E-state index contributed by atoms with van der Waals surface area (Å²) >= 11 is 0. The highest BCUT2D eigenvalue weighted by molar-refractivity contribution is 6.03. The summed E-state index contributed by atoms with van der Waals surface area (Å²) < 4.78 is 0. The van der Waals surface area contributed by atoms with Gasteiger partial charge in [0.05, 0.1) is 0 Å². The van der Waals surface area contributed by atoms with Gasteiger partial charge in [-0.15, -0.1) is 0 Å². The van der Waals surface area contributed by atoms with E-state index in [0.717, 1.165) is 17.7 Å². The van der Waals surface area contributed by atoms with Crippen molar-refractivity contribution in [1.82, 2.24) is 9.97 Å². The summed E-state index contributed by atoms with van der Waals surface area (Å²) in [6, 6.07) is 17.7. The first kappa shape index (κ1) is 17.6. The molecule has 5 heteroatoms. The molecule has 0 aliphatic carbocycles. The second kappa shape index (κ2) is 8.25. The maximum atomic E-state index is 12.4. The van der Waals surface area contributed by atoms with Crippen molar-refractivity contribution in [2.45, 2.75) is 26.8 Å². The van der Waals surface area contributed by atoms with E-state index in [0.29, 0.717) is 18.1 Å². The summed E-state index contributed by atoms with van der Waals surface area (Å²) in [5.41, 5.74) is 4.67. The van der Waals surface area contributed by atoms with Gasteiger partial charge in [0.15, 0.2) is 0 Å². The molecule has 0 aliphatic heterocycles. The normalized spacial score (nSPS) is 10.4. The summed E-state index contributed by atoms with van der Waals surface area (Å²) in [5, 5.41) is 6.09. The van der Waals surface area contributed by atoms with Crippen molar-refractivity contribution in [2.24, 2.45) is 0 Å². The lowest BCUT2D eigenvalue weighted by molar-refractivity contribution is 0.102. The minimum atomic E-state index is -0.254. The van der Waals surface area contributed by atoms with Crippen molar-refractivity contribution < 1.29 is 4.79 Å². The maximum Gasteiger partial charge on any atom is 0.274 e. The minimum absolute atomic E-state index is 0.254. The summed E-state index contributed by atoms with van der Waals surface area (Å²) in [6.07, 6.45) is 2.36. The van der Waals surface area contributed by atoms with Crippen molar-refractivity contribution in [3.63, 3.8) is 0 Å². The fourth-order valence-electron chi connectivity index (χ4n) is 2.61. The van der Waals surface area contributed by atoms with E-state index in [9.17, 15) is 4.79 Å². The molecule has 0 atom stereocenters. The van der Waals surface area contributed by atoms with E-state index >= 15 is 0 Å². The molecule has 0 saturated heterocycles. The van der Waals surface area contributed by atoms with Gasteiger partial charge < -0.3 is 10.6 Å². The molecule has 1 heterocycles. The quantitative estimate of drug-likeness (QED) is 0.701. The van der Waals surface area contributed by atoms with Crippen LogP contribution in [-0.4, -0.2) is 15.9 Å². The molecule has 1 amide bonds. The Morgan fingerprint density at radius 3 is 2.54 bits per heavy atom. The van der Waals surface area contributed by atoms with E-state index < -0.39 is 0 Å². The number of aromatic nitrogens is 2. The lowest BCUT2D eigenvalue weighted by atomic mass is 10.1. The van der Waals surface area contributed by atoms with Gasteiger partial charge in [-0.05, 0) is 36.6 Å². The number of nitrogens with zero attached hydrogens (tertiary/aromatic N) is 2. The van der Waals surface area contributed by atoms with Gasteiger partial charge in [-0.1, -0.05) is 48.9 Å². The van der Waals surface area contributed by atoms with Gasteiger partial charge in [-0.3, -0.25) is 4.79 Å². The summed E-state index contributed by atoms with van der Waals surface area (Å²) in [6.45, 7) is 4.79.